The van der Waals surface area contributed by atoms with Gasteiger partial charge in [0, 0.05) is 30.9 Å². The number of hydrogen-bond donors (Lipinski definition) is 1. The van der Waals surface area contributed by atoms with Crippen molar-refractivity contribution in [1.29, 1.82) is 0 Å². The van der Waals surface area contributed by atoms with Crippen molar-refractivity contribution < 1.29 is 14.6 Å². The molecule has 1 aliphatic rings. The Balaban J connectivity index is 1.68. The van der Waals surface area contributed by atoms with Crippen molar-refractivity contribution >= 4 is 5.97 Å². The van der Waals surface area contributed by atoms with Crippen LogP contribution in [-0.2, 0) is 22.6 Å². The van der Waals surface area contributed by atoms with E-state index in [4.69, 9.17) is 9.84 Å². The molecule has 134 valence electrons. The van der Waals surface area contributed by atoms with Crippen LogP contribution in [0.1, 0.15) is 35.0 Å². The molecule has 1 N–H and O–H groups in total. The highest BCUT2D eigenvalue weighted by molar-refractivity contribution is 5.66. The maximum atomic E-state index is 10.8. The van der Waals surface area contributed by atoms with E-state index in [1.54, 1.807) is 0 Å². The van der Waals surface area contributed by atoms with Crippen LogP contribution in [-0.4, -0.2) is 45.5 Å². The summed E-state index contributed by atoms with van der Waals surface area (Å²) in [6.45, 7) is 7.70. The first-order valence-corrected chi connectivity index (χ1v) is 8.68. The van der Waals surface area contributed by atoms with Gasteiger partial charge >= 0.3 is 5.97 Å². The minimum Gasteiger partial charge on any atom is -0.481 e. The molecule has 2 heterocycles. The van der Waals surface area contributed by atoms with E-state index in [1.807, 2.05) is 36.7 Å². The van der Waals surface area contributed by atoms with E-state index < -0.39 is 5.97 Å². The molecule has 1 saturated heterocycles. The van der Waals surface area contributed by atoms with Gasteiger partial charge in [-0.3, -0.25) is 14.4 Å². The van der Waals surface area contributed by atoms with Crippen LogP contribution in [0, 0.1) is 13.8 Å². The van der Waals surface area contributed by atoms with Crippen LogP contribution in [0.4, 0.5) is 0 Å². The third-order valence-electron chi connectivity index (χ3n) is 4.77. The van der Waals surface area contributed by atoms with Gasteiger partial charge in [-0.25, -0.2) is 0 Å². The van der Waals surface area contributed by atoms with Crippen LogP contribution < -0.4 is 0 Å². The molecule has 1 aromatic heterocycles. The molecule has 0 radical (unpaired) electrons. The fourth-order valence-electron chi connectivity index (χ4n) is 3.32. The molecule has 1 unspecified atom stereocenters. The van der Waals surface area contributed by atoms with Gasteiger partial charge in [0.2, 0.25) is 0 Å². The monoisotopic (exact) mass is 343 g/mol. The number of aromatic nitrogens is 2. The summed E-state index contributed by atoms with van der Waals surface area (Å²) >= 11 is 0. The Kier molecular flexibility index (Phi) is 5.50. The SMILES string of the molecule is Cc1nn(CCC(=O)O)c(C)c1CN1CCOC(c2ccccc2)C1. The zero-order valence-corrected chi connectivity index (χ0v) is 14.8. The van der Waals surface area contributed by atoms with Crippen LogP contribution in [0.2, 0.25) is 0 Å². The van der Waals surface area contributed by atoms with Crippen LogP contribution >= 0.6 is 0 Å². The summed E-state index contributed by atoms with van der Waals surface area (Å²) in [6.07, 6.45) is 0.187. The Morgan fingerprint density at radius 2 is 2.08 bits per heavy atom. The Bertz CT molecular complexity index is 727. The summed E-state index contributed by atoms with van der Waals surface area (Å²) in [4.78, 5) is 13.2. The minimum absolute atomic E-state index is 0.0923. The third kappa shape index (κ3) is 4.27. The molecule has 0 amide bonds. The van der Waals surface area contributed by atoms with Gasteiger partial charge in [0.1, 0.15) is 0 Å². The number of nitrogens with zero attached hydrogens (tertiary/aromatic N) is 3. The number of morpholine rings is 1. The topological polar surface area (TPSA) is 67.6 Å². The molecule has 1 atom stereocenters. The second kappa shape index (κ2) is 7.80. The van der Waals surface area contributed by atoms with E-state index in [1.165, 1.54) is 11.1 Å². The van der Waals surface area contributed by atoms with Crippen LogP contribution in [0.5, 0.6) is 0 Å². The Morgan fingerprint density at radius 3 is 2.80 bits per heavy atom. The lowest BCUT2D eigenvalue weighted by Crippen LogP contribution is -2.38. The van der Waals surface area contributed by atoms with Crippen LogP contribution in [0.3, 0.4) is 0 Å². The summed E-state index contributed by atoms with van der Waals surface area (Å²) in [7, 11) is 0. The normalized spacial score (nSPS) is 18.4. The number of aliphatic carboxylic acids is 1. The number of hydrogen-bond acceptors (Lipinski definition) is 4. The van der Waals surface area contributed by atoms with Crippen molar-refractivity contribution in [1.82, 2.24) is 14.7 Å². The fraction of sp³-hybridized carbons (Fsp3) is 0.474. The van der Waals surface area contributed by atoms with E-state index in [9.17, 15) is 4.79 Å². The van der Waals surface area contributed by atoms with Gasteiger partial charge in [-0.1, -0.05) is 30.3 Å². The van der Waals surface area contributed by atoms with Gasteiger partial charge < -0.3 is 9.84 Å². The lowest BCUT2D eigenvalue weighted by molar-refractivity contribution is -0.137. The standard InChI is InChI=1S/C19H25N3O3/c1-14-17(15(2)22(20-14)9-8-19(23)24)12-21-10-11-25-18(13-21)16-6-4-3-5-7-16/h3-7,18H,8-13H2,1-2H3,(H,23,24). The lowest BCUT2D eigenvalue weighted by atomic mass is 10.1. The maximum Gasteiger partial charge on any atom is 0.305 e. The molecular formula is C19H25N3O3. The zero-order valence-electron chi connectivity index (χ0n) is 14.8. The molecule has 0 bridgehead atoms. The molecule has 0 spiro atoms. The van der Waals surface area contributed by atoms with Gasteiger partial charge in [-0.05, 0) is 19.4 Å². The molecule has 6 heteroatoms. The molecule has 1 fully saturated rings. The number of benzene rings is 1. The molecule has 6 nitrogen and oxygen atoms in total. The quantitative estimate of drug-likeness (QED) is 0.873. The highest BCUT2D eigenvalue weighted by Crippen LogP contribution is 2.24. The first-order chi connectivity index (χ1) is 12.0. The summed E-state index contributed by atoms with van der Waals surface area (Å²) in [5.74, 6) is -0.798. The molecular weight excluding hydrogens is 318 g/mol. The van der Waals surface area contributed by atoms with Gasteiger partial charge in [0.15, 0.2) is 0 Å². The second-order valence-corrected chi connectivity index (χ2v) is 6.52. The average molecular weight is 343 g/mol. The molecule has 3 rings (SSSR count). The van der Waals surface area contributed by atoms with Gasteiger partial charge in [0.25, 0.3) is 0 Å². The minimum atomic E-state index is -0.798. The van der Waals surface area contributed by atoms with E-state index >= 15 is 0 Å². The van der Waals surface area contributed by atoms with E-state index in [2.05, 4.69) is 22.1 Å². The predicted octanol–water partition coefficient (Wildman–Crippen LogP) is 2.55. The highest BCUT2D eigenvalue weighted by Gasteiger charge is 2.24. The summed E-state index contributed by atoms with van der Waals surface area (Å²) in [5, 5.41) is 13.4. The Hall–Kier alpha value is -2.18. The van der Waals surface area contributed by atoms with Crippen molar-refractivity contribution in [2.75, 3.05) is 19.7 Å². The van der Waals surface area contributed by atoms with Crippen molar-refractivity contribution in [3.05, 3.63) is 52.8 Å². The number of aryl methyl sites for hydroxylation is 2. The Morgan fingerprint density at radius 1 is 1.32 bits per heavy atom. The first-order valence-electron chi connectivity index (χ1n) is 8.68. The molecule has 1 aromatic carbocycles. The molecule has 0 saturated carbocycles. The van der Waals surface area contributed by atoms with Crippen molar-refractivity contribution in [2.24, 2.45) is 0 Å². The predicted molar refractivity (Wildman–Crippen MR) is 94.4 cm³/mol. The number of rotatable bonds is 6. The smallest absolute Gasteiger partial charge is 0.305 e. The average Bonchev–Trinajstić information content (AvgIpc) is 2.88. The largest absolute Gasteiger partial charge is 0.481 e. The Labute approximate surface area is 148 Å². The number of carboxylic acid groups (broad SMARTS) is 1. The molecule has 2 aromatic rings. The zero-order chi connectivity index (χ0) is 17.8. The van der Waals surface area contributed by atoms with Crippen molar-refractivity contribution in [3.8, 4) is 0 Å². The first kappa shape index (κ1) is 17.6. The maximum absolute atomic E-state index is 10.8. The summed E-state index contributed by atoms with van der Waals surface area (Å²) in [6, 6.07) is 10.3. The van der Waals surface area contributed by atoms with E-state index in [-0.39, 0.29) is 12.5 Å². The highest BCUT2D eigenvalue weighted by atomic mass is 16.5. The van der Waals surface area contributed by atoms with E-state index in [0.717, 1.165) is 31.0 Å². The molecule has 1 aliphatic heterocycles. The van der Waals surface area contributed by atoms with Crippen LogP contribution in [0.25, 0.3) is 0 Å². The number of carbonyl (C=O) groups is 1. The van der Waals surface area contributed by atoms with Gasteiger partial charge in [-0.15, -0.1) is 0 Å². The molecule has 0 aliphatic carbocycles. The lowest BCUT2D eigenvalue weighted by Gasteiger charge is -2.33. The number of carboxylic acids is 1. The molecule has 25 heavy (non-hydrogen) atoms. The second-order valence-electron chi connectivity index (χ2n) is 6.52. The summed E-state index contributed by atoms with van der Waals surface area (Å²) < 4.78 is 7.75. The van der Waals surface area contributed by atoms with Crippen molar-refractivity contribution in [2.45, 2.75) is 39.5 Å². The third-order valence-corrected chi connectivity index (χ3v) is 4.77. The summed E-state index contributed by atoms with van der Waals surface area (Å²) in [5.41, 5.74) is 4.43. The van der Waals surface area contributed by atoms with Gasteiger partial charge in [0.05, 0.1) is 31.4 Å². The van der Waals surface area contributed by atoms with Crippen LogP contribution in [0.15, 0.2) is 30.3 Å². The fourth-order valence-corrected chi connectivity index (χ4v) is 3.32. The van der Waals surface area contributed by atoms with Gasteiger partial charge in [-0.2, -0.15) is 5.10 Å². The van der Waals surface area contributed by atoms with Crippen molar-refractivity contribution in [3.63, 3.8) is 0 Å². The number of ether oxygens (including phenoxy) is 1. The van der Waals surface area contributed by atoms with E-state index in [0.29, 0.717) is 13.2 Å².